The van der Waals surface area contributed by atoms with Crippen LogP contribution in [-0.2, 0) is 54.3 Å². The van der Waals surface area contributed by atoms with Crippen molar-refractivity contribution in [1.82, 2.24) is 37.2 Å². The second kappa shape index (κ2) is 27.8. The van der Waals surface area contributed by atoms with Gasteiger partial charge in [0.2, 0.25) is 47.1 Å². The van der Waals surface area contributed by atoms with Gasteiger partial charge in [-0.15, -0.1) is 0 Å². The number of carbonyl (C=O) groups is 8. The summed E-state index contributed by atoms with van der Waals surface area (Å²) >= 11 is 14.0. The lowest BCUT2D eigenvalue weighted by molar-refractivity contribution is -0.284. The zero-order valence-electron chi connectivity index (χ0n) is 51.8. The maximum absolute atomic E-state index is 16.1. The van der Waals surface area contributed by atoms with E-state index in [2.05, 4.69) is 47.2 Å². The number of carboxylic acid groups (broad SMARTS) is 1. The molecule has 7 aromatic carbocycles. The number of aromatic hydroxyl groups is 6. The molecule has 101 heavy (non-hydrogen) atoms. The molecular formula is C66H56Cl2N10O23. The second-order valence-corrected chi connectivity index (χ2v) is 24.6. The number of hydrogen-bond acceptors (Lipinski definition) is 23. The first-order valence-electron chi connectivity index (χ1n) is 30.3. The highest BCUT2D eigenvalue weighted by molar-refractivity contribution is 6.32. The monoisotopic (exact) mass is 1430 g/mol. The standard InChI is InChI=1S/C66H56Cl2N10O23/c1-23(80)70-53-57(88)56(87)46(22-79)100-66(53)101-58-27-5-9-42(36(68)15-27)99-45-18-29-17-44(55(45)86)98-41-8-2-24(10-35(41)67)11-37-59(89)72-49(28-12-30(81)19-32(13-28)97-43-16-26(4-7-39(43)84)51(77-78-69)63(93)71-37)61(91)74-50(29)62(92)73-48-25-3-6-38(83)33(14-25)47-34(20-31(82)21-40(47)85)52(65(95)96)75-64(94)54(58)76-60(48)90/h2-10,12-21,37,46,48-54,56-58,66,79,81-88H,11,22H2,1H3,(H,70,80)(H,71,93)(H,72,89)(H,73,92)(H,74,91)(H,75,94)(H,76,90)(H,95,96)/t37-,46-,48-,49+,50-,51-,52-,53-,54+,56-,57-,58-,66+/m1/s1. The van der Waals surface area contributed by atoms with Gasteiger partial charge in [0.05, 0.1) is 16.7 Å². The highest BCUT2D eigenvalue weighted by atomic mass is 35.5. The molecule has 7 aliphatic heterocycles. The summed E-state index contributed by atoms with van der Waals surface area (Å²) in [5.74, 6) is -17.7. The van der Waals surface area contributed by atoms with Crippen LogP contribution in [0.15, 0.2) is 120 Å². The van der Waals surface area contributed by atoms with Gasteiger partial charge in [-0.25, -0.2) is 4.79 Å². The summed E-state index contributed by atoms with van der Waals surface area (Å²) < 4.78 is 31.1. The van der Waals surface area contributed by atoms with Crippen molar-refractivity contribution < 1.29 is 113 Å². The third-order valence-electron chi connectivity index (χ3n) is 17.0. The van der Waals surface area contributed by atoms with Gasteiger partial charge in [-0.1, -0.05) is 52.6 Å². The first-order chi connectivity index (χ1) is 48.1. The summed E-state index contributed by atoms with van der Waals surface area (Å²) in [5.41, 5.74) is 6.77. The summed E-state index contributed by atoms with van der Waals surface area (Å²) in [7, 11) is 0. The molecular weight excluding hydrogens is 1370 g/mol. The van der Waals surface area contributed by atoms with Crippen LogP contribution >= 0.6 is 23.2 Å². The van der Waals surface area contributed by atoms with Crippen LogP contribution in [0, 0.1) is 0 Å². The first-order valence-corrected chi connectivity index (χ1v) is 31.1. The Morgan fingerprint density at radius 2 is 1.21 bits per heavy atom. The molecule has 522 valence electrons. The van der Waals surface area contributed by atoms with Crippen LogP contribution in [0.1, 0.15) is 82.2 Å². The molecule has 1 fully saturated rings. The van der Waals surface area contributed by atoms with Gasteiger partial charge < -0.3 is 112 Å². The van der Waals surface area contributed by atoms with Crippen LogP contribution in [0.25, 0.3) is 21.6 Å². The molecule has 0 aliphatic carbocycles. The van der Waals surface area contributed by atoms with Crippen LogP contribution < -0.4 is 51.4 Å². The van der Waals surface area contributed by atoms with E-state index in [-0.39, 0.29) is 50.3 Å². The molecule has 13 atom stereocenters. The lowest BCUT2D eigenvalue weighted by Crippen LogP contribution is -2.65. The molecule has 7 aliphatic rings. The van der Waals surface area contributed by atoms with Gasteiger partial charge in [0.1, 0.15) is 107 Å². The Balaban J connectivity index is 1.10. The number of nitrogens with one attached hydrogen (secondary N) is 7. The van der Waals surface area contributed by atoms with Crippen LogP contribution in [0.2, 0.25) is 10.0 Å². The van der Waals surface area contributed by atoms with E-state index >= 15 is 24.0 Å². The van der Waals surface area contributed by atoms with Crippen molar-refractivity contribution in [1.29, 1.82) is 0 Å². The van der Waals surface area contributed by atoms with Crippen LogP contribution in [0.3, 0.4) is 0 Å². The molecule has 7 amide bonds. The minimum atomic E-state index is -2.40. The van der Waals surface area contributed by atoms with Crippen molar-refractivity contribution in [3.8, 4) is 80.1 Å². The quantitative estimate of drug-likeness (QED) is 0.0626. The molecule has 0 spiro atoms. The molecule has 7 aromatic rings. The number of carboxylic acids is 1. The number of fused-ring (bicyclic) bond motifs is 14. The summed E-state index contributed by atoms with van der Waals surface area (Å²) in [4.78, 5) is 122. The molecule has 0 radical (unpaired) electrons. The third kappa shape index (κ3) is 13.9. The van der Waals surface area contributed by atoms with Gasteiger partial charge in [-0.2, -0.15) is 0 Å². The third-order valence-corrected chi connectivity index (χ3v) is 17.6. The fraction of sp³-hybridized carbons (Fsp3) is 0.242. The summed E-state index contributed by atoms with van der Waals surface area (Å²) in [6.07, 6.45) is -10.3. The zero-order chi connectivity index (χ0) is 72.2. The number of hydrogen-bond donors (Lipinski definition) is 17. The summed E-state index contributed by atoms with van der Waals surface area (Å²) in [6.45, 7) is 0.00911. The number of nitrogens with zero attached hydrogens (tertiary/aromatic N) is 3. The predicted molar refractivity (Wildman–Crippen MR) is 344 cm³/mol. The Labute approximate surface area is 577 Å². The van der Waals surface area contributed by atoms with E-state index in [0.29, 0.717) is 0 Å². The Bertz CT molecular complexity index is 4670. The number of amides is 7. The fourth-order valence-electron chi connectivity index (χ4n) is 12.2. The highest BCUT2D eigenvalue weighted by Crippen LogP contribution is 2.49. The number of phenols is 6. The van der Waals surface area contributed by atoms with E-state index in [9.17, 15) is 71.0 Å². The SMILES string of the molecule is CC(=O)N[C@H]1[C@H](O[C@@H]2c3ccc(c(Cl)c3)Oc3cc4cc(c3O)Oc3ccc(cc3Cl)C[C@H]3NC(=O)[C@H](N=[N+]=[N-])c5ccc(O)c(c5)Oc5cc(O)cc(c5)[C@H](NC3=O)C(=O)N[C@H]4C(=O)N[C@H]3C(=O)N[C@@H]2C(=O)N[C@@H](C(=O)O)c2cc(O)cc(O)c2-c2cc3ccc2O)O[C@H](CO)[C@@H](O)[C@@H]1O. The van der Waals surface area contributed by atoms with E-state index in [1.165, 1.54) is 30.3 Å². The molecule has 7 heterocycles. The van der Waals surface area contributed by atoms with E-state index in [1.807, 2.05) is 0 Å². The Morgan fingerprint density at radius 1 is 0.604 bits per heavy atom. The lowest BCUT2D eigenvalue weighted by atomic mass is 9.89. The fourth-order valence-corrected chi connectivity index (χ4v) is 12.7. The van der Waals surface area contributed by atoms with E-state index in [1.54, 1.807) is 0 Å². The maximum Gasteiger partial charge on any atom is 0.330 e. The topological polar surface area (TPSA) is 518 Å². The van der Waals surface area contributed by atoms with Gasteiger partial charge in [0.15, 0.2) is 35.3 Å². The number of halogens is 2. The number of aliphatic hydroxyl groups excluding tert-OH is 3. The smallest absolute Gasteiger partial charge is 0.330 e. The van der Waals surface area contributed by atoms with Crippen molar-refractivity contribution in [2.45, 2.75) is 92.4 Å². The number of ether oxygens (including phenoxy) is 5. The molecule has 14 rings (SSSR count). The van der Waals surface area contributed by atoms with Crippen molar-refractivity contribution in [2.24, 2.45) is 5.11 Å². The second-order valence-electron chi connectivity index (χ2n) is 23.8. The number of aliphatic hydroxyl groups is 3. The average Bonchev–Trinajstić information content (AvgIpc) is 0.770. The molecule has 17 N–H and O–H groups in total. The van der Waals surface area contributed by atoms with Crippen molar-refractivity contribution in [3.63, 3.8) is 0 Å². The molecule has 0 aromatic heterocycles. The lowest BCUT2D eigenvalue weighted by Gasteiger charge is -2.44. The molecule has 17 bridgehead atoms. The summed E-state index contributed by atoms with van der Waals surface area (Å²) in [5, 5.41) is 133. The molecule has 0 saturated carbocycles. The van der Waals surface area contributed by atoms with Crippen LogP contribution in [0.4, 0.5) is 0 Å². The Hall–Kier alpha value is -11.8. The average molecular weight is 1430 g/mol. The zero-order valence-corrected chi connectivity index (χ0v) is 53.3. The van der Waals surface area contributed by atoms with E-state index < -0.39 is 218 Å². The summed E-state index contributed by atoms with van der Waals surface area (Å²) in [6, 6.07) is 3.91. The molecule has 1 saturated heterocycles. The number of rotatable bonds is 6. The van der Waals surface area contributed by atoms with Crippen molar-refractivity contribution in [3.05, 3.63) is 175 Å². The normalized spacial score (nSPS) is 24.8. The van der Waals surface area contributed by atoms with Gasteiger partial charge in [-0.05, 0) is 118 Å². The van der Waals surface area contributed by atoms with Crippen molar-refractivity contribution >= 4 is 70.5 Å². The minimum Gasteiger partial charge on any atom is -0.508 e. The highest BCUT2D eigenvalue weighted by Gasteiger charge is 2.49. The number of carbonyl (C=O) groups excluding carboxylic acids is 7. The first kappa shape index (κ1) is 69.1. The number of aliphatic carboxylic acids is 1. The Kier molecular flexibility index (Phi) is 19.0. The molecule has 33 nitrogen and oxygen atoms in total. The van der Waals surface area contributed by atoms with Crippen LogP contribution in [-0.4, -0.2) is 148 Å². The molecule has 35 heteroatoms. The van der Waals surface area contributed by atoms with Gasteiger partial charge in [0.25, 0.3) is 0 Å². The van der Waals surface area contributed by atoms with Gasteiger partial charge in [-0.3, -0.25) is 33.6 Å². The Morgan fingerprint density at radius 3 is 1.86 bits per heavy atom. The number of phenolic OH excluding ortho intramolecular Hbond substituents is 6. The molecule has 0 unspecified atom stereocenters. The minimum absolute atomic E-state index is 0.0542. The van der Waals surface area contributed by atoms with E-state index in [4.69, 9.17) is 46.9 Å². The number of benzene rings is 7. The van der Waals surface area contributed by atoms with Crippen LogP contribution in [0.5, 0.6) is 69.0 Å². The van der Waals surface area contributed by atoms with Gasteiger partial charge >= 0.3 is 5.97 Å². The van der Waals surface area contributed by atoms with Crippen molar-refractivity contribution in [2.75, 3.05) is 6.61 Å². The predicted octanol–water partition coefficient (Wildman–Crippen LogP) is 4.30. The largest absolute Gasteiger partial charge is 0.508 e. The van der Waals surface area contributed by atoms with E-state index in [0.717, 1.165) is 91.9 Å². The van der Waals surface area contributed by atoms with Gasteiger partial charge in [0, 0.05) is 47.1 Å². The maximum atomic E-state index is 16.1. The number of azide groups is 1.